The minimum Gasteiger partial charge on any atom is -0.534 e. The fraction of sp³-hybridized carbons (Fsp3) is 0.571. The van der Waals surface area contributed by atoms with Crippen molar-refractivity contribution >= 4 is 25.0 Å². The van der Waals surface area contributed by atoms with Gasteiger partial charge in [-0.2, -0.15) is 0 Å². The molecule has 2 rings (SSSR count). The van der Waals surface area contributed by atoms with Crippen LogP contribution in [0.1, 0.15) is 56.5 Å². The number of halogens is 2. The molecule has 1 heterocycles. The lowest BCUT2D eigenvalue weighted by molar-refractivity contribution is -0.175. The Balaban J connectivity index is 1.98. The van der Waals surface area contributed by atoms with Crippen LogP contribution in [0.3, 0.4) is 0 Å². The second-order valence-electron chi connectivity index (χ2n) is 8.18. The van der Waals surface area contributed by atoms with Crippen LogP contribution < -0.4 is 9.97 Å². The van der Waals surface area contributed by atoms with Crippen LogP contribution in [-0.2, 0) is 30.2 Å². The molecule has 1 aromatic carbocycles. The first-order valence-electron chi connectivity index (χ1n) is 10.5. The Bertz CT molecular complexity index is 874. The van der Waals surface area contributed by atoms with Crippen molar-refractivity contribution in [3.8, 4) is 5.75 Å². The highest BCUT2D eigenvalue weighted by atomic mass is 19.3. The first-order chi connectivity index (χ1) is 15.3. The third kappa shape index (κ3) is 7.67. The molecular formula is C21H28BF2NO8. The average molecular weight is 471 g/mol. The number of carbonyl (C=O) groups is 3. The van der Waals surface area contributed by atoms with Crippen molar-refractivity contribution in [3.63, 3.8) is 0 Å². The lowest BCUT2D eigenvalue weighted by Gasteiger charge is -2.29. The molecule has 0 bridgehead atoms. The van der Waals surface area contributed by atoms with Crippen LogP contribution in [0.2, 0.25) is 0 Å². The Hall–Kier alpha value is -2.73. The number of fused-ring (bicyclic) bond motifs is 1. The van der Waals surface area contributed by atoms with E-state index in [1.54, 1.807) is 19.1 Å². The minimum absolute atomic E-state index is 0.0120. The predicted octanol–water partition coefficient (Wildman–Crippen LogP) is 2.03. The van der Waals surface area contributed by atoms with Gasteiger partial charge in [-0.3, -0.25) is 4.79 Å². The molecule has 0 saturated heterocycles. The summed E-state index contributed by atoms with van der Waals surface area (Å²) in [7, 11) is -1.51. The summed E-state index contributed by atoms with van der Waals surface area (Å²) in [5.41, 5.74) is -0.718. The summed E-state index contributed by atoms with van der Waals surface area (Å²) in [5.74, 6) is -6.02. The second kappa shape index (κ2) is 10.9. The van der Waals surface area contributed by atoms with Crippen LogP contribution in [0, 0.1) is 0 Å². The van der Waals surface area contributed by atoms with Gasteiger partial charge >= 0.3 is 19.1 Å². The number of esters is 2. The third-order valence-electron chi connectivity index (χ3n) is 4.85. The standard InChI is InChI=1S/C21H28BF2NO8/c1-5-32-20(2,3)19(28)31-12-30-18(27)14-8-6-7-13-11-15(22(29)33-17(13)14)25-16(26)9-10-21(4,23)24/h6-8,15,29H,5,9-12H2,1-4H3,(H,25,26)/t15-/m0/s1. The number of benzene rings is 1. The molecular weight excluding hydrogens is 443 g/mol. The number of nitrogens with one attached hydrogen (secondary N) is 1. The van der Waals surface area contributed by atoms with Crippen LogP contribution >= 0.6 is 0 Å². The van der Waals surface area contributed by atoms with E-state index in [1.807, 2.05) is 0 Å². The molecule has 0 saturated carbocycles. The monoisotopic (exact) mass is 471 g/mol. The fourth-order valence-corrected chi connectivity index (χ4v) is 3.13. The number of hydrogen-bond donors (Lipinski definition) is 2. The summed E-state index contributed by atoms with van der Waals surface area (Å²) in [6, 6.07) is 4.58. The zero-order valence-electron chi connectivity index (χ0n) is 19.0. The summed E-state index contributed by atoms with van der Waals surface area (Å²) in [6.45, 7) is 5.13. The van der Waals surface area contributed by atoms with Crippen molar-refractivity contribution in [2.75, 3.05) is 13.4 Å². The molecule has 0 unspecified atom stereocenters. The summed E-state index contributed by atoms with van der Waals surface area (Å²) in [5, 5.41) is 12.7. The van der Waals surface area contributed by atoms with E-state index in [0.717, 1.165) is 6.92 Å². The van der Waals surface area contributed by atoms with Gasteiger partial charge in [0.1, 0.15) is 11.3 Å². The molecule has 0 aliphatic carbocycles. The van der Waals surface area contributed by atoms with Gasteiger partial charge in [-0.1, -0.05) is 12.1 Å². The maximum absolute atomic E-state index is 12.9. The molecule has 2 N–H and O–H groups in total. The SMILES string of the molecule is CCOC(C)(C)C(=O)OCOC(=O)c1cccc2c1OB(O)[C@@H](NC(=O)CCC(C)(F)F)C2. The zero-order valence-corrected chi connectivity index (χ0v) is 19.0. The molecule has 1 aliphatic rings. The molecule has 33 heavy (non-hydrogen) atoms. The first-order valence-corrected chi connectivity index (χ1v) is 10.5. The molecule has 0 spiro atoms. The molecule has 0 radical (unpaired) electrons. The first kappa shape index (κ1) is 26.5. The van der Waals surface area contributed by atoms with Crippen molar-refractivity contribution < 1.29 is 47.1 Å². The number of ether oxygens (including phenoxy) is 3. The predicted molar refractivity (Wildman–Crippen MR) is 113 cm³/mol. The zero-order chi connectivity index (χ0) is 24.8. The molecule has 0 fully saturated rings. The average Bonchev–Trinajstić information content (AvgIpc) is 2.71. The Labute approximate surface area is 190 Å². The number of carbonyl (C=O) groups excluding carboxylic acids is 3. The van der Waals surface area contributed by atoms with Gasteiger partial charge in [0, 0.05) is 19.4 Å². The van der Waals surface area contributed by atoms with Crippen molar-refractivity contribution in [2.45, 2.75) is 64.4 Å². The van der Waals surface area contributed by atoms with Crippen molar-refractivity contribution in [2.24, 2.45) is 0 Å². The minimum atomic E-state index is -2.98. The van der Waals surface area contributed by atoms with Gasteiger partial charge in [0.15, 0.2) is 5.60 Å². The molecule has 1 amide bonds. The number of hydrogen-bond acceptors (Lipinski definition) is 8. The van der Waals surface area contributed by atoms with Gasteiger partial charge in [-0.05, 0) is 45.7 Å². The Kier molecular flexibility index (Phi) is 8.79. The summed E-state index contributed by atoms with van der Waals surface area (Å²) >= 11 is 0. The molecule has 182 valence electrons. The molecule has 1 aliphatic heterocycles. The Morgan fingerprint density at radius 1 is 1.24 bits per heavy atom. The van der Waals surface area contributed by atoms with Gasteiger partial charge in [0.05, 0.1) is 5.94 Å². The van der Waals surface area contributed by atoms with E-state index >= 15 is 0 Å². The maximum Gasteiger partial charge on any atom is 0.547 e. The molecule has 9 nitrogen and oxygen atoms in total. The highest BCUT2D eigenvalue weighted by Gasteiger charge is 2.38. The largest absolute Gasteiger partial charge is 0.547 e. The van der Waals surface area contributed by atoms with Crippen molar-refractivity contribution in [1.29, 1.82) is 0 Å². The lowest BCUT2D eigenvalue weighted by atomic mass is 9.72. The van der Waals surface area contributed by atoms with E-state index in [-0.39, 0.29) is 17.7 Å². The van der Waals surface area contributed by atoms with Crippen molar-refractivity contribution in [1.82, 2.24) is 5.32 Å². The Morgan fingerprint density at radius 2 is 1.94 bits per heavy atom. The summed E-state index contributed by atoms with van der Waals surface area (Å²) in [6.07, 6.45) is -0.935. The number of amides is 1. The van der Waals surface area contributed by atoms with E-state index in [2.05, 4.69) is 5.32 Å². The normalized spacial score (nSPS) is 15.8. The maximum atomic E-state index is 12.9. The van der Waals surface area contributed by atoms with Gasteiger partial charge in [-0.25, -0.2) is 18.4 Å². The van der Waals surface area contributed by atoms with Gasteiger partial charge in [0.2, 0.25) is 18.6 Å². The van der Waals surface area contributed by atoms with Crippen LogP contribution in [0.25, 0.3) is 0 Å². The fourth-order valence-electron chi connectivity index (χ4n) is 3.13. The summed E-state index contributed by atoms with van der Waals surface area (Å²) < 4.78 is 46.5. The molecule has 12 heteroatoms. The highest BCUT2D eigenvalue weighted by molar-refractivity contribution is 6.47. The van der Waals surface area contributed by atoms with E-state index < -0.39 is 62.1 Å². The van der Waals surface area contributed by atoms with Crippen LogP contribution in [-0.4, -0.2) is 60.9 Å². The smallest absolute Gasteiger partial charge is 0.534 e. The quantitative estimate of drug-likeness (QED) is 0.302. The Morgan fingerprint density at radius 3 is 2.58 bits per heavy atom. The van der Waals surface area contributed by atoms with Gasteiger partial charge in [-0.15, -0.1) is 0 Å². The van der Waals surface area contributed by atoms with E-state index in [9.17, 15) is 28.2 Å². The molecule has 1 atom stereocenters. The van der Waals surface area contributed by atoms with Gasteiger partial charge < -0.3 is 29.2 Å². The lowest BCUT2D eigenvalue weighted by Crippen LogP contribution is -2.53. The van der Waals surface area contributed by atoms with Crippen LogP contribution in [0.15, 0.2) is 18.2 Å². The van der Waals surface area contributed by atoms with E-state index in [1.165, 1.54) is 19.9 Å². The van der Waals surface area contributed by atoms with Crippen LogP contribution in [0.4, 0.5) is 8.78 Å². The van der Waals surface area contributed by atoms with Gasteiger partial charge in [0.25, 0.3) is 0 Å². The van der Waals surface area contributed by atoms with Crippen molar-refractivity contribution in [3.05, 3.63) is 29.3 Å². The van der Waals surface area contributed by atoms with E-state index in [0.29, 0.717) is 12.2 Å². The number of para-hydroxylation sites is 1. The van der Waals surface area contributed by atoms with Crippen LogP contribution in [0.5, 0.6) is 5.75 Å². The molecule has 1 aromatic rings. The number of alkyl halides is 2. The van der Waals surface area contributed by atoms with E-state index in [4.69, 9.17) is 18.9 Å². The topological polar surface area (TPSA) is 120 Å². The third-order valence-corrected chi connectivity index (χ3v) is 4.85. The number of rotatable bonds is 10. The second-order valence-corrected chi connectivity index (χ2v) is 8.18. The highest BCUT2D eigenvalue weighted by Crippen LogP contribution is 2.31. The molecule has 0 aromatic heterocycles. The summed E-state index contributed by atoms with van der Waals surface area (Å²) in [4.78, 5) is 36.4.